The Bertz CT molecular complexity index is 381. The Hall–Kier alpha value is -0.0700. The number of ether oxygens (including phenoxy) is 1. The van der Waals surface area contributed by atoms with Gasteiger partial charge in [0.2, 0.25) is 0 Å². The van der Waals surface area contributed by atoms with E-state index in [1.807, 2.05) is 23.1 Å². The lowest BCUT2D eigenvalue weighted by Crippen LogP contribution is -2.29. The van der Waals surface area contributed by atoms with Crippen molar-refractivity contribution in [3.05, 3.63) is 17.0 Å². The van der Waals surface area contributed by atoms with Gasteiger partial charge in [0.05, 0.1) is 17.4 Å². The van der Waals surface area contributed by atoms with Crippen molar-refractivity contribution in [1.29, 1.82) is 0 Å². The quantitative estimate of drug-likeness (QED) is 0.783. The molecule has 1 N–H and O–H groups in total. The number of hydrogen-bond donors (Lipinski definition) is 1. The number of thiophene rings is 1. The number of rotatable bonds is 7. The highest BCUT2D eigenvalue weighted by molar-refractivity contribution is 8.01. The molecule has 0 amide bonds. The van der Waals surface area contributed by atoms with Crippen molar-refractivity contribution in [1.82, 2.24) is 10.2 Å². The Morgan fingerprint density at radius 1 is 1.42 bits per heavy atom. The second kappa shape index (κ2) is 7.64. The molecule has 1 aromatic rings. The third-order valence-electron chi connectivity index (χ3n) is 3.23. The molecule has 0 spiro atoms. The van der Waals surface area contributed by atoms with Crippen molar-refractivity contribution in [3.8, 4) is 0 Å². The maximum absolute atomic E-state index is 5.63. The summed E-state index contributed by atoms with van der Waals surface area (Å²) in [5, 5.41) is 6.55. The minimum absolute atomic E-state index is 0.509. The first-order valence-corrected chi connectivity index (χ1v) is 8.62. The topological polar surface area (TPSA) is 24.5 Å². The smallest absolute Gasteiger partial charge is 0.0649 e. The Balaban J connectivity index is 1.69. The lowest BCUT2D eigenvalue weighted by Gasteiger charge is -2.27. The monoisotopic (exact) mass is 300 g/mol. The van der Waals surface area contributed by atoms with E-state index in [2.05, 4.69) is 42.7 Å². The fourth-order valence-electron chi connectivity index (χ4n) is 2.20. The summed E-state index contributed by atoms with van der Waals surface area (Å²) >= 11 is 3.88. The van der Waals surface area contributed by atoms with Crippen molar-refractivity contribution >= 4 is 23.1 Å². The van der Waals surface area contributed by atoms with Crippen LogP contribution >= 0.6 is 23.1 Å². The fourth-order valence-corrected chi connectivity index (χ4v) is 4.76. The van der Waals surface area contributed by atoms with Gasteiger partial charge in [-0.2, -0.15) is 0 Å². The molecular formula is C14H24N2OS2. The van der Waals surface area contributed by atoms with Crippen LogP contribution in [0, 0.1) is 0 Å². The first-order chi connectivity index (χ1) is 9.16. The van der Waals surface area contributed by atoms with Crippen LogP contribution in [0.25, 0.3) is 0 Å². The average molecular weight is 300 g/mol. The molecule has 1 aromatic heterocycles. The van der Waals surface area contributed by atoms with E-state index in [0.717, 1.165) is 26.3 Å². The fraction of sp³-hybridized carbons (Fsp3) is 0.714. The van der Waals surface area contributed by atoms with E-state index in [1.54, 1.807) is 0 Å². The highest BCUT2D eigenvalue weighted by Gasteiger charge is 2.25. The number of nitrogens with zero attached hydrogens (tertiary/aromatic N) is 1. The predicted octanol–water partition coefficient (Wildman–Crippen LogP) is 2.84. The maximum Gasteiger partial charge on any atom is 0.0649 e. The normalized spacial score (nSPS) is 22.7. The molecule has 2 heterocycles. The first kappa shape index (κ1) is 15.3. The zero-order valence-corrected chi connectivity index (χ0v) is 13.6. The van der Waals surface area contributed by atoms with Crippen LogP contribution in [0.15, 0.2) is 15.7 Å². The molecule has 19 heavy (non-hydrogen) atoms. The molecular weight excluding hydrogens is 276 g/mol. The third-order valence-corrected chi connectivity index (χ3v) is 5.57. The van der Waals surface area contributed by atoms with Crippen molar-refractivity contribution in [3.63, 3.8) is 0 Å². The lowest BCUT2D eigenvalue weighted by atomic mass is 10.1. The second-order valence-corrected chi connectivity index (χ2v) is 7.87. The van der Waals surface area contributed by atoms with Crippen molar-refractivity contribution < 1.29 is 4.74 Å². The standard InChI is InChI=1S/C14H24N2OS2/c1-11-10-13(12-4-9-18-14(12)19-11)15-5-7-17-8-6-16(2)3/h4,9,11,13,15H,5-8,10H2,1-3H3/t11-,13?/m0/s1. The summed E-state index contributed by atoms with van der Waals surface area (Å²) in [5.41, 5.74) is 1.49. The van der Waals surface area contributed by atoms with Crippen LogP contribution in [0.5, 0.6) is 0 Å². The SMILES string of the molecule is C[C@H]1CC(NCCOCCN(C)C)c2ccsc2S1. The molecule has 0 radical (unpaired) electrons. The zero-order valence-electron chi connectivity index (χ0n) is 12.0. The van der Waals surface area contributed by atoms with Gasteiger partial charge < -0.3 is 15.0 Å². The number of fused-ring (bicyclic) bond motifs is 1. The second-order valence-electron chi connectivity index (χ2n) is 5.25. The molecule has 0 bridgehead atoms. The van der Waals surface area contributed by atoms with Crippen LogP contribution in [0.2, 0.25) is 0 Å². The van der Waals surface area contributed by atoms with Crippen molar-refractivity contribution in [2.24, 2.45) is 0 Å². The molecule has 2 rings (SSSR count). The molecule has 0 fully saturated rings. The molecule has 1 unspecified atom stereocenters. The Kier molecular flexibility index (Phi) is 6.16. The Morgan fingerprint density at radius 3 is 3.05 bits per heavy atom. The Labute approximate surface area is 124 Å². The largest absolute Gasteiger partial charge is 0.379 e. The molecule has 0 saturated heterocycles. The van der Waals surface area contributed by atoms with Crippen LogP contribution < -0.4 is 5.32 Å². The summed E-state index contributed by atoms with van der Waals surface area (Å²) in [6.45, 7) is 5.85. The summed E-state index contributed by atoms with van der Waals surface area (Å²) in [7, 11) is 4.14. The predicted molar refractivity (Wildman–Crippen MR) is 84.4 cm³/mol. The maximum atomic E-state index is 5.63. The van der Waals surface area contributed by atoms with Gasteiger partial charge in [-0.1, -0.05) is 6.92 Å². The van der Waals surface area contributed by atoms with E-state index < -0.39 is 0 Å². The summed E-state index contributed by atoms with van der Waals surface area (Å²) < 4.78 is 7.12. The van der Waals surface area contributed by atoms with Crippen molar-refractivity contribution in [2.75, 3.05) is 40.4 Å². The summed E-state index contributed by atoms with van der Waals surface area (Å²) in [6, 6.07) is 2.78. The minimum Gasteiger partial charge on any atom is -0.379 e. The zero-order chi connectivity index (χ0) is 13.7. The van der Waals surface area contributed by atoms with Crippen LogP contribution in [-0.4, -0.2) is 50.5 Å². The van der Waals surface area contributed by atoms with Gasteiger partial charge in [0.25, 0.3) is 0 Å². The van der Waals surface area contributed by atoms with E-state index in [-0.39, 0.29) is 0 Å². The molecule has 108 valence electrons. The van der Waals surface area contributed by atoms with E-state index in [9.17, 15) is 0 Å². The lowest BCUT2D eigenvalue weighted by molar-refractivity contribution is 0.117. The van der Waals surface area contributed by atoms with E-state index in [1.165, 1.54) is 16.2 Å². The summed E-state index contributed by atoms with van der Waals surface area (Å²) in [4.78, 5) is 2.14. The highest BCUT2D eigenvalue weighted by Crippen LogP contribution is 2.43. The van der Waals surface area contributed by atoms with Crippen LogP contribution in [0.3, 0.4) is 0 Å². The van der Waals surface area contributed by atoms with Gasteiger partial charge >= 0.3 is 0 Å². The number of hydrogen-bond acceptors (Lipinski definition) is 5. The van der Waals surface area contributed by atoms with Crippen LogP contribution in [-0.2, 0) is 4.74 Å². The molecule has 1 aliphatic rings. The van der Waals surface area contributed by atoms with Gasteiger partial charge in [0.15, 0.2) is 0 Å². The van der Waals surface area contributed by atoms with Crippen molar-refractivity contribution in [2.45, 2.75) is 28.8 Å². The van der Waals surface area contributed by atoms with Gasteiger partial charge in [0.1, 0.15) is 0 Å². The third kappa shape index (κ3) is 4.76. The summed E-state index contributed by atoms with van der Waals surface area (Å²) in [5.74, 6) is 0. The minimum atomic E-state index is 0.509. The molecule has 5 heteroatoms. The molecule has 3 nitrogen and oxygen atoms in total. The van der Waals surface area contributed by atoms with Gasteiger partial charge in [0, 0.05) is 24.4 Å². The van der Waals surface area contributed by atoms with E-state index in [4.69, 9.17) is 4.74 Å². The molecule has 0 aliphatic carbocycles. The van der Waals surface area contributed by atoms with E-state index in [0.29, 0.717) is 11.3 Å². The first-order valence-electron chi connectivity index (χ1n) is 6.86. The number of thioether (sulfide) groups is 1. The molecule has 0 aromatic carbocycles. The van der Waals surface area contributed by atoms with Gasteiger partial charge in [-0.05, 0) is 37.5 Å². The van der Waals surface area contributed by atoms with Gasteiger partial charge in [-0.3, -0.25) is 0 Å². The van der Waals surface area contributed by atoms with Crippen LogP contribution in [0.1, 0.15) is 24.9 Å². The van der Waals surface area contributed by atoms with Gasteiger partial charge in [-0.25, -0.2) is 0 Å². The van der Waals surface area contributed by atoms with Gasteiger partial charge in [-0.15, -0.1) is 23.1 Å². The molecule has 1 aliphatic heterocycles. The number of likely N-dealkylation sites (N-methyl/N-ethyl adjacent to an activating group) is 1. The number of nitrogens with one attached hydrogen (secondary N) is 1. The molecule has 0 saturated carbocycles. The summed E-state index contributed by atoms with van der Waals surface area (Å²) in [6.07, 6.45) is 1.21. The molecule has 2 atom stereocenters. The Morgan fingerprint density at radius 2 is 2.26 bits per heavy atom. The van der Waals surface area contributed by atoms with E-state index >= 15 is 0 Å². The highest BCUT2D eigenvalue weighted by atomic mass is 32.2. The van der Waals surface area contributed by atoms with Crippen LogP contribution in [0.4, 0.5) is 0 Å². The average Bonchev–Trinajstić information content (AvgIpc) is 2.80.